The number of hydrogen-bond acceptors (Lipinski definition) is 3. The molecule has 0 saturated carbocycles. The summed E-state index contributed by atoms with van der Waals surface area (Å²) in [5.74, 6) is -1.14. The number of rotatable bonds is 3. The SMILES string of the molecule is Cc1ccc(C(N)=O)c(C(=O)Nc2cccc3ccccc23)n1. The monoisotopic (exact) mass is 305 g/mol. The Hall–Kier alpha value is -3.21. The zero-order valence-corrected chi connectivity index (χ0v) is 12.5. The van der Waals surface area contributed by atoms with Gasteiger partial charge in [-0.15, -0.1) is 0 Å². The highest BCUT2D eigenvalue weighted by Crippen LogP contribution is 2.23. The number of nitrogens with one attached hydrogen (secondary N) is 1. The van der Waals surface area contributed by atoms with Gasteiger partial charge in [0, 0.05) is 16.8 Å². The zero-order chi connectivity index (χ0) is 16.4. The van der Waals surface area contributed by atoms with Gasteiger partial charge >= 0.3 is 0 Å². The van der Waals surface area contributed by atoms with Crippen molar-refractivity contribution in [3.8, 4) is 0 Å². The molecule has 2 aromatic carbocycles. The molecule has 1 heterocycles. The minimum absolute atomic E-state index is 0.0328. The molecule has 23 heavy (non-hydrogen) atoms. The van der Waals surface area contributed by atoms with Crippen molar-refractivity contribution in [3.05, 3.63) is 71.5 Å². The lowest BCUT2D eigenvalue weighted by Gasteiger charge is -2.10. The molecule has 3 rings (SSSR count). The maximum absolute atomic E-state index is 12.6. The normalized spacial score (nSPS) is 10.5. The van der Waals surface area contributed by atoms with Crippen LogP contribution in [0.3, 0.4) is 0 Å². The molecule has 0 aliphatic heterocycles. The maximum Gasteiger partial charge on any atom is 0.275 e. The molecule has 3 N–H and O–H groups in total. The molecule has 3 aromatic rings. The Morgan fingerprint density at radius 3 is 2.52 bits per heavy atom. The molecule has 5 nitrogen and oxygen atoms in total. The first kappa shape index (κ1) is 14.7. The molecule has 0 saturated heterocycles. The highest BCUT2D eigenvalue weighted by Gasteiger charge is 2.18. The van der Waals surface area contributed by atoms with E-state index in [1.54, 1.807) is 19.1 Å². The van der Waals surface area contributed by atoms with Gasteiger partial charge in [-0.25, -0.2) is 4.98 Å². The number of primary amides is 1. The van der Waals surface area contributed by atoms with Crippen molar-refractivity contribution >= 4 is 28.3 Å². The number of hydrogen-bond donors (Lipinski definition) is 2. The molecule has 0 aliphatic carbocycles. The minimum atomic E-state index is -0.680. The van der Waals surface area contributed by atoms with Crippen LogP contribution in [-0.4, -0.2) is 16.8 Å². The van der Waals surface area contributed by atoms with Gasteiger partial charge in [-0.3, -0.25) is 9.59 Å². The fourth-order valence-corrected chi connectivity index (χ4v) is 2.44. The van der Waals surface area contributed by atoms with E-state index in [0.29, 0.717) is 11.4 Å². The summed E-state index contributed by atoms with van der Waals surface area (Å²) < 4.78 is 0. The number of aromatic nitrogens is 1. The first-order chi connectivity index (χ1) is 11.1. The second kappa shape index (κ2) is 5.88. The maximum atomic E-state index is 12.6. The molecule has 0 unspecified atom stereocenters. The lowest BCUT2D eigenvalue weighted by Crippen LogP contribution is -2.22. The summed E-state index contributed by atoms with van der Waals surface area (Å²) in [7, 11) is 0. The van der Waals surface area contributed by atoms with Crippen LogP contribution in [0.25, 0.3) is 10.8 Å². The van der Waals surface area contributed by atoms with E-state index in [4.69, 9.17) is 5.73 Å². The Morgan fingerprint density at radius 1 is 1.00 bits per heavy atom. The summed E-state index contributed by atoms with van der Waals surface area (Å²) in [6.07, 6.45) is 0. The highest BCUT2D eigenvalue weighted by molar-refractivity contribution is 6.13. The van der Waals surface area contributed by atoms with Gasteiger partial charge in [-0.05, 0) is 30.5 Å². The Bertz CT molecular complexity index is 914. The predicted molar refractivity (Wildman–Crippen MR) is 89.4 cm³/mol. The van der Waals surface area contributed by atoms with Gasteiger partial charge in [0.2, 0.25) is 0 Å². The number of nitrogens with two attached hydrogens (primary N) is 1. The van der Waals surface area contributed by atoms with Crippen molar-refractivity contribution in [1.29, 1.82) is 0 Å². The van der Waals surface area contributed by atoms with E-state index in [9.17, 15) is 9.59 Å². The van der Waals surface area contributed by atoms with Crippen molar-refractivity contribution in [1.82, 2.24) is 4.98 Å². The Balaban J connectivity index is 2.02. The lowest BCUT2D eigenvalue weighted by molar-refractivity contribution is 0.0974. The van der Waals surface area contributed by atoms with Gasteiger partial charge < -0.3 is 11.1 Å². The van der Waals surface area contributed by atoms with E-state index in [2.05, 4.69) is 10.3 Å². The van der Waals surface area contributed by atoms with Crippen LogP contribution in [0.15, 0.2) is 54.6 Å². The van der Waals surface area contributed by atoms with Crippen molar-refractivity contribution in [2.75, 3.05) is 5.32 Å². The van der Waals surface area contributed by atoms with E-state index in [0.717, 1.165) is 10.8 Å². The van der Waals surface area contributed by atoms with Gasteiger partial charge in [-0.1, -0.05) is 36.4 Å². The Morgan fingerprint density at radius 2 is 1.74 bits per heavy atom. The second-order valence-corrected chi connectivity index (χ2v) is 5.19. The van der Waals surface area contributed by atoms with Crippen LogP contribution in [0.2, 0.25) is 0 Å². The molecule has 5 heteroatoms. The summed E-state index contributed by atoms with van der Waals surface area (Å²) in [4.78, 5) is 28.2. The van der Waals surface area contributed by atoms with Gasteiger partial charge in [0.25, 0.3) is 11.8 Å². The summed E-state index contributed by atoms with van der Waals surface area (Å²) in [5.41, 5.74) is 6.76. The fourth-order valence-electron chi connectivity index (χ4n) is 2.44. The summed E-state index contributed by atoms with van der Waals surface area (Å²) in [5, 5.41) is 4.74. The molecule has 0 radical (unpaired) electrons. The highest BCUT2D eigenvalue weighted by atomic mass is 16.2. The van der Waals surface area contributed by atoms with Gasteiger partial charge in [0.05, 0.1) is 5.56 Å². The number of amides is 2. The van der Waals surface area contributed by atoms with Crippen LogP contribution in [0.4, 0.5) is 5.69 Å². The fraction of sp³-hybridized carbons (Fsp3) is 0.0556. The average molecular weight is 305 g/mol. The Kier molecular flexibility index (Phi) is 3.76. The molecule has 114 valence electrons. The van der Waals surface area contributed by atoms with Gasteiger partial charge in [-0.2, -0.15) is 0 Å². The molecule has 2 amide bonds. The summed E-state index contributed by atoms with van der Waals surface area (Å²) in [6, 6.07) is 16.5. The molecule has 0 aliphatic rings. The third-order valence-electron chi connectivity index (χ3n) is 3.55. The number of carbonyl (C=O) groups is 2. The van der Waals surface area contributed by atoms with Crippen LogP contribution >= 0.6 is 0 Å². The quantitative estimate of drug-likeness (QED) is 0.780. The summed E-state index contributed by atoms with van der Waals surface area (Å²) in [6.45, 7) is 1.75. The lowest BCUT2D eigenvalue weighted by atomic mass is 10.1. The van der Waals surface area contributed by atoms with Crippen molar-refractivity contribution < 1.29 is 9.59 Å². The van der Waals surface area contributed by atoms with E-state index in [1.165, 1.54) is 6.07 Å². The number of pyridine rings is 1. The van der Waals surface area contributed by atoms with E-state index in [1.807, 2.05) is 36.4 Å². The van der Waals surface area contributed by atoms with Crippen molar-refractivity contribution in [3.63, 3.8) is 0 Å². The first-order valence-electron chi connectivity index (χ1n) is 7.13. The predicted octanol–water partition coefficient (Wildman–Crippen LogP) is 2.89. The minimum Gasteiger partial charge on any atom is -0.366 e. The van der Waals surface area contributed by atoms with Gasteiger partial charge in [0.1, 0.15) is 5.69 Å². The summed E-state index contributed by atoms with van der Waals surface area (Å²) >= 11 is 0. The van der Waals surface area contributed by atoms with Crippen molar-refractivity contribution in [2.45, 2.75) is 6.92 Å². The van der Waals surface area contributed by atoms with E-state index >= 15 is 0 Å². The van der Waals surface area contributed by atoms with Crippen LogP contribution in [0, 0.1) is 6.92 Å². The smallest absolute Gasteiger partial charge is 0.275 e. The number of carbonyl (C=O) groups excluding carboxylic acids is 2. The molecule has 1 aromatic heterocycles. The van der Waals surface area contributed by atoms with E-state index in [-0.39, 0.29) is 11.3 Å². The average Bonchev–Trinajstić information content (AvgIpc) is 2.54. The largest absolute Gasteiger partial charge is 0.366 e. The standard InChI is InChI=1S/C18H15N3O2/c1-11-9-10-14(17(19)22)16(20-11)18(23)21-15-8-4-6-12-5-2-3-7-13(12)15/h2-10H,1H3,(H2,19,22)(H,21,23). The number of anilines is 1. The number of benzene rings is 2. The third kappa shape index (κ3) is 2.89. The van der Waals surface area contributed by atoms with Crippen molar-refractivity contribution in [2.24, 2.45) is 5.73 Å². The van der Waals surface area contributed by atoms with Crippen LogP contribution in [0.1, 0.15) is 26.5 Å². The second-order valence-electron chi connectivity index (χ2n) is 5.19. The molecule has 0 spiro atoms. The third-order valence-corrected chi connectivity index (χ3v) is 3.55. The molecule has 0 fully saturated rings. The molecular formula is C18H15N3O2. The molecule has 0 bridgehead atoms. The number of aryl methyl sites for hydroxylation is 1. The number of fused-ring (bicyclic) bond motifs is 1. The molecular weight excluding hydrogens is 290 g/mol. The number of nitrogens with zero attached hydrogens (tertiary/aromatic N) is 1. The van der Waals surface area contributed by atoms with Crippen LogP contribution in [0.5, 0.6) is 0 Å². The van der Waals surface area contributed by atoms with Gasteiger partial charge in [0.15, 0.2) is 0 Å². The van der Waals surface area contributed by atoms with E-state index < -0.39 is 11.8 Å². The molecule has 0 atom stereocenters. The topological polar surface area (TPSA) is 85.1 Å². The zero-order valence-electron chi connectivity index (χ0n) is 12.5. The Labute approximate surface area is 133 Å². The van der Waals surface area contributed by atoms with Crippen LogP contribution in [-0.2, 0) is 0 Å². The first-order valence-corrected chi connectivity index (χ1v) is 7.13. The van der Waals surface area contributed by atoms with Crippen LogP contribution < -0.4 is 11.1 Å².